The third-order valence-electron chi connectivity index (χ3n) is 10.6. The summed E-state index contributed by atoms with van der Waals surface area (Å²) < 4.78 is 11.2. The maximum absolute atomic E-state index is 14.2. The van der Waals surface area contributed by atoms with Gasteiger partial charge in [0.2, 0.25) is 0 Å². The number of carbonyl (C=O) groups is 3. The normalized spacial score (nSPS) is 14.9. The van der Waals surface area contributed by atoms with Gasteiger partial charge in [0.15, 0.2) is 23.0 Å². The van der Waals surface area contributed by atoms with Crippen LogP contribution in [0.5, 0.6) is 28.7 Å². The molecule has 8 N–H and O–H groups in total. The van der Waals surface area contributed by atoms with E-state index in [2.05, 4.69) is 15.0 Å². The highest BCUT2D eigenvalue weighted by molar-refractivity contribution is 6.16. The molecule has 0 saturated heterocycles. The fraction of sp³-hybridized carbons (Fsp3) is 0.250. The Morgan fingerprint density at radius 1 is 0.725 bits per heavy atom. The average molecular weight is 692 g/mol. The first-order valence-corrected chi connectivity index (χ1v) is 16.5. The molecule has 0 atom stereocenters. The Balaban J connectivity index is 1.11. The highest BCUT2D eigenvalue weighted by atomic mass is 16.5. The number of aromatic hydroxyl groups is 3. The van der Waals surface area contributed by atoms with Crippen molar-refractivity contribution in [1.29, 1.82) is 0 Å². The van der Waals surface area contributed by atoms with E-state index in [1.165, 1.54) is 24.0 Å². The molecule has 0 unspecified atom stereocenters. The van der Waals surface area contributed by atoms with Crippen molar-refractivity contribution in [2.75, 3.05) is 48.6 Å². The number of methoxy groups -OCH3 is 2. The zero-order valence-electron chi connectivity index (χ0n) is 27.9. The van der Waals surface area contributed by atoms with Gasteiger partial charge in [0.1, 0.15) is 17.1 Å². The molecule has 3 aliphatic heterocycles. The number of benzene rings is 3. The lowest BCUT2D eigenvalue weighted by Crippen LogP contribution is -2.34. The SMILES string of the molecule is COc1c(O)c2c(c3cc(C(=O)N4CCc5c4c(O)c(OC)c4[nH]c(C(=O)N6CCc7c6cc(O)c6[nH]cc(C)c76)cc54)[nH]c13)CCN2C(N)=O. The Bertz CT molecular complexity index is 2560. The highest BCUT2D eigenvalue weighted by Crippen LogP contribution is 2.51. The number of amides is 4. The van der Waals surface area contributed by atoms with Gasteiger partial charge in [-0.2, -0.15) is 0 Å². The average Bonchev–Trinajstić information content (AvgIpc) is 3.95. The predicted octanol–water partition coefficient (Wildman–Crippen LogP) is 4.42. The zero-order chi connectivity index (χ0) is 35.6. The van der Waals surface area contributed by atoms with E-state index in [1.807, 2.05) is 13.1 Å². The van der Waals surface area contributed by atoms with Crippen molar-refractivity contribution in [1.82, 2.24) is 15.0 Å². The second-order valence-electron chi connectivity index (χ2n) is 13.1. The Labute approximate surface area is 288 Å². The molecule has 0 aliphatic carbocycles. The van der Waals surface area contributed by atoms with Crippen LogP contribution in [0.3, 0.4) is 0 Å². The largest absolute Gasteiger partial charge is 0.506 e. The highest BCUT2D eigenvalue weighted by Gasteiger charge is 2.38. The quantitative estimate of drug-likeness (QED) is 0.140. The summed E-state index contributed by atoms with van der Waals surface area (Å²) >= 11 is 0. The standard InChI is InChI=1S/C36H33N7O8/c1-14-13-38-27-23(44)12-22-17(24(14)27)6-7-41(22)34(47)20-10-18-15-4-8-42(28(15)30(45)32(50-2)25(18)39-20)35(48)21-11-19-16-5-9-43(36(37)49)29(16)31(46)33(51-3)26(19)40-21/h10-13,38-40,44-46H,4-9H2,1-3H3,(H2,37,49). The summed E-state index contributed by atoms with van der Waals surface area (Å²) in [5.74, 6) is -1.06. The first kappa shape index (κ1) is 30.5. The Morgan fingerprint density at radius 3 is 1.80 bits per heavy atom. The molecule has 9 rings (SSSR count). The molecule has 0 spiro atoms. The number of nitrogens with two attached hydrogens (primary N) is 1. The number of H-pyrrole nitrogens is 3. The molecule has 3 aliphatic rings. The smallest absolute Gasteiger partial charge is 0.319 e. The van der Waals surface area contributed by atoms with Gasteiger partial charge in [-0.15, -0.1) is 0 Å². The number of primary amides is 1. The fourth-order valence-electron chi connectivity index (χ4n) is 8.42. The molecule has 6 aromatic rings. The number of phenols is 3. The topological polar surface area (TPSA) is 213 Å². The van der Waals surface area contributed by atoms with E-state index in [0.29, 0.717) is 69.9 Å². The van der Waals surface area contributed by atoms with Gasteiger partial charge in [-0.25, -0.2) is 4.79 Å². The number of hydrogen-bond donors (Lipinski definition) is 7. The summed E-state index contributed by atoms with van der Waals surface area (Å²) in [6.07, 6.45) is 3.26. The first-order valence-electron chi connectivity index (χ1n) is 16.5. The number of fused-ring (bicyclic) bond motifs is 9. The Morgan fingerprint density at radius 2 is 1.24 bits per heavy atom. The second kappa shape index (κ2) is 10.5. The molecule has 0 bridgehead atoms. The number of aryl methyl sites for hydroxylation is 1. The number of aromatic amines is 3. The van der Waals surface area contributed by atoms with Gasteiger partial charge in [0, 0.05) is 48.1 Å². The molecular formula is C36H33N7O8. The molecule has 15 heteroatoms. The molecule has 0 fully saturated rings. The van der Waals surface area contributed by atoms with Gasteiger partial charge < -0.3 is 55.3 Å². The summed E-state index contributed by atoms with van der Waals surface area (Å²) in [5, 5.41) is 35.5. The van der Waals surface area contributed by atoms with Gasteiger partial charge in [-0.1, -0.05) is 0 Å². The number of ether oxygens (including phenoxy) is 2. The summed E-state index contributed by atoms with van der Waals surface area (Å²) in [6.45, 7) is 2.88. The number of carbonyl (C=O) groups excluding carboxylic acids is 3. The van der Waals surface area contributed by atoms with E-state index < -0.39 is 11.9 Å². The molecule has 0 radical (unpaired) electrons. The van der Waals surface area contributed by atoms with Crippen LogP contribution < -0.4 is 29.9 Å². The van der Waals surface area contributed by atoms with E-state index in [0.717, 1.165) is 16.5 Å². The van der Waals surface area contributed by atoms with Crippen LogP contribution in [0.15, 0.2) is 24.4 Å². The summed E-state index contributed by atoms with van der Waals surface area (Å²) in [7, 11) is 2.78. The summed E-state index contributed by atoms with van der Waals surface area (Å²) in [4.78, 5) is 54.1. The minimum Gasteiger partial charge on any atom is -0.506 e. The molecule has 4 amide bonds. The molecule has 3 aromatic heterocycles. The van der Waals surface area contributed by atoms with E-state index in [9.17, 15) is 29.7 Å². The Hall–Kier alpha value is -6.51. The molecule has 51 heavy (non-hydrogen) atoms. The minimum atomic E-state index is -0.714. The van der Waals surface area contributed by atoms with Gasteiger partial charge in [0.05, 0.1) is 47.8 Å². The van der Waals surface area contributed by atoms with E-state index in [-0.39, 0.29) is 70.5 Å². The van der Waals surface area contributed by atoms with Gasteiger partial charge >= 0.3 is 6.03 Å². The van der Waals surface area contributed by atoms with E-state index >= 15 is 0 Å². The zero-order valence-corrected chi connectivity index (χ0v) is 27.9. The second-order valence-corrected chi connectivity index (χ2v) is 13.1. The van der Waals surface area contributed by atoms with Crippen LogP contribution in [0.1, 0.15) is 43.2 Å². The van der Waals surface area contributed by atoms with Crippen LogP contribution in [0.4, 0.5) is 21.9 Å². The number of hydrogen-bond acceptors (Lipinski definition) is 8. The van der Waals surface area contributed by atoms with Crippen LogP contribution >= 0.6 is 0 Å². The van der Waals surface area contributed by atoms with E-state index in [4.69, 9.17) is 15.2 Å². The van der Waals surface area contributed by atoms with Gasteiger partial charge in [-0.3, -0.25) is 14.5 Å². The lowest BCUT2D eigenvalue weighted by Gasteiger charge is -2.19. The minimum absolute atomic E-state index is 0.0598. The predicted molar refractivity (Wildman–Crippen MR) is 189 cm³/mol. The van der Waals surface area contributed by atoms with Gasteiger partial charge in [-0.05, 0) is 60.6 Å². The maximum atomic E-state index is 14.2. The number of urea groups is 1. The van der Waals surface area contributed by atoms with Crippen molar-refractivity contribution in [2.45, 2.75) is 26.2 Å². The number of aromatic nitrogens is 3. The van der Waals surface area contributed by atoms with Crippen LogP contribution in [0.2, 0.25) is 0 Å². The number of rotatable bonds is 4. The van der Waals surface area contributed by atoms with Crippen molar-refractivity contribution in [3.63, 3.8) is 0 Å². The van der Waals surface area contributed by atoms with Crippen LogP contribution in [-0.4, -0.2) is 82.0 Å². The number of phenolic OH excluding ortho intramolecular Hbond substituents is 3. The number of nitrogens with zero attached hydrogens (tertiary/aromatic N) is 3. The van der Waals surface area contributed by atoms with Crippen molar-refractivity contribution >= 4 is 67.6 Å². The number of nitrogens with one attached hydrogen (secondary N) is 3. The van der Waals surface area contributed by atoms with E-state index in [1.54, 1.807) is 23.1 Å². The first-order chi connectivity index (χ1) is 24.5. The molecule has 0 saturated carbocycles. The van der Waals surface area contributed by atoms with Crippen LogP contribution in [0.25, 0.3) is 32.7 Å². The monoisotopic (exact) mass is 691 g/mol. The van der Waals surface area contributed by atoms with Gasteiger partial charge in [0.25, 0.3) is 11.8 Å². The summed E-state index contributed by atoms with van der Waals surface area (Å²) in [6, 6.07) is 4.26. The summed E-state index contributed by atoms with van der Waals surface area (Å²) in [5.41, 5.74) is 11.9. The molecule has 260 valence electrons. The van der Waals surface area contributed by atoms with Crippen LogP contribution in [-0.2, 0) is 19.3 Å². The molecule has 6 heterocycles. The van der Waals surface area contributed by atoms with Crippen LogP contribution in [0, 0.1) is 6.92 Å². The van der Waals surface area contributed by atoms with Crippen molar-refractivity contribution in [2.24, 2.45) is 5.73 Å². The molecule has 15 nitrogen and oxygen atoms in total. The maximum Gasteiger partial charge on any atom is 0.319 e. The fourth-order valence-corrected chi connectivity index (χ4v) is 8.42. The lowest BCUT2D eigenvalue weighted by atomic mass is 10.0. The van der Waals surface area contributed by atoms with Crippen molar-refractivity contribution in [3.05, 3.63) is 58.0 Å². The third-order valence-corrected chi connectivity index (χ3v) is 10.6. The molecule has 3 aromatic carbocycles. The lowest BCUT2D eigenvalue weighted by molar-refractivity contribution is 0.0977. The Kier molecular flexibility index (Phi) is 6.29. The number of anilines is 3. The van der Waals surface area contributed by atoms with Crippen molar-refractivity contribution < 1.29 is 39.2 Å². The molecular weight excluding hydrogens is 658 g/mol. The third kappa shape index (κ3) is 3.96. The van der Waals surface area contributed by atoms with Crippen molar-refractivity contribution in [3.8, 4) is 28.7 Å².